The van der Waals surface area contributed by atoms with E-state index in [1.54, 1.807) is 29.2 Å². The Morgan fingerprint density at radius 1 is 1.36 bits per heavy atom. The van der Waals surface area contributed by atoms with Crippen molar-refractivity contribution in [2.45, 2.75) is 45.4 Å². The summed E-state index contributed by atoms with van der Waals surface area (Å²) in [5.41, 5.74) is 1.02. The van der Waals surface area contributed by atoms with Gasteiger partial charge in [-0.05, 0) is 73.8 Å². The van der Waals surface area contributed by atoms with Crippen LogP contribution >= 0.6 is 27.5 Å². The number of carbonyl (C=O) groups excluding carboxylic acids is 1. The average molecular weight is 471 g/mol. The van der Waals surface area contributed by atoms with Gasteiger partial charge in [-0.15, -0.1) is 0 Å². The van der Waals surface area contributed by atoms with E-state index in [0.29, 0.717) is 28.1 Å². The number of hydrogen-bond acceptors (Lipinski definition) is 4. The van der Waals surface area contributed by atoms with E-state index in [1.807, 2.05) is 20.8 Å². The molecule has 1 aliphatic heterocycles. The summed E-state index contributed by atoms with van der Waals surface area (Å²) in [6.07, 6.45) is 0.940. The third kappa shape index (κ3) is 4.75. The molecule has 1 atom stereocenters. The van der Waals surface area contributed by atoms with Gasteiger partial charge in [0.15, 0.2) is 0 Å². The molecule has 28 heavy (non-hydrogen) atoms. The standard InChI is InChI=1S/C20H22BrClFN3O2/c1-20(2,3)28-19(27)26-11-5-8-16(26)25-14-10-9-12(23)18(22)17(14)13-6-4-7-15(21)24-13/h4,6-7,9-10,16,25H,5,8,11H2,1-3H3/t16-/m0/s1. The fraction of sp³-hybridized carbons (Fsp3) is 0.400. The second kappa shape index (κ2) is 8.25. The Bertz CT molecular complexity index is 888. The average Bonchev–Trinajstić information content (AvgIpc) is 3.05. The molecule has 1 aromatic carbocycles. The highest BCUT2D eigenvalue weighted by Gasteiger charge is 2.33. The molecule has 2 heterocycles. The topological polar surface area (TPSA) is 54.5 Å². The smallest absolute Gasteiger partial charge is 0.411 e. The van der Waals surface area contributed by atoms with E-state index in [0.717, 1.165) is 12.8 Å². The van der Waals surface area contributed by atoms with E-state index in [4.69, 9.17) is 16.3 Å². The number of benzene rings is 1. The number of hydrogen-bond donors (Lipinski definition) is 1. The van der Waals surface area contributed by atoms with Gasteiger partial charge in [0.1, 0.15) is 22.2 Å². The first-order valence-corrected chi connectivity index (χ1v) is 10.2. The number of nitrogens with zero attached hydrogens (tertiary/aromatic N) is 2. The lowest BCUT2D eigenvalue weighted by molar-refractivity contribution is 0.0244. The van der Waals surface area contributed by atoms with Gasteiger partial charge in [-0.3, -0.25) is 4.90 Å². The maximum Gasteiger partial charge on any atom is 0.411 e. The van der Waals surface area contributed by atoms with Crippen molar-refractivity contribution in [2.75, 3.05) is 11.9 Å². The second-order valence-corrected chi connectivity index (χ2v) is 8.80. The Labute approximate surface area is 177 Å². The first-order chi connectivity index (χ1) is 13.2. The lowest BCUT2D eigenvalue weighted by Gasteiger charge is -2.30. The molecule has 1 amide bonds. The highest BCUT2D eigenvalue weighted by molar-refractivity contribution is 9.10. The minimum absolute atomic E-state index is 0.0163. The molecule has 1 saturated heterocycles. The van der Waals surface area contributed by atoms with Gasteiger partial charge >= 0.3 is 6.09 Å². The Hall–Kier alpha value is -1.86. The van der Waals surface area contributed by atoms with Crippen molar-refractivity contribution in [3.63, 3.8) is 0 Å². The molecule has 3 rings (SSSR count). The third-order valence-corrected chi connectivity index (χ3v) is 5.08. The molecule has 5 nitrogen and oxygen atoms in total. The van der Waals surface area contributed by atoms with Gasteiger partial charge in [0.2, 0.25) is 0 Å². The van der Waals surface area contributed by atoms with Crippen molar-refractivity contribution in [3.05, 3.63) is 45.8 Å². The molecule has 8 heteroatoms. The Balaban J connectivity index is 1.92. The first-order valence-electron chi connectivity index (χ1n) is 9.03. The largest absolute Gasteiger partial charge is 0.444 e. The van der Waals surface area contributed by atoms with Crippen LogP contribution in [0.2, 0.25) is 5.02 Å². The van der Waals surface area contributed by atoms with Gasteiger partial charge in [-0.2, -0.15) is 0 Å². The van der Waals surface area contributed by atoms with Crippen LogP contribution in [0.3, 0.4) is 0 Å². The van der Waals surface area contributed by atoms with Crippen LogP contribution in [0.15, 0.2) is 34.9 Å². The van der Waals surface area contributed by atoms with Gasteiger partial charge in [-0.25, -0.2) is 14.2 Å². The molecule has 0 unspecified atom stereocenters. The second-order valence-electron chi connectivity index (χ2n) is 7.61. The molecule has 1 aliphatic rings. The summed E-state index contributed by atoms with van der Waals surface area (Å²) in [5.74, 6) is -0.528. The van der Waals surface area contributed by atoms with Crippen LogP contribution in [0.5, 0.6) is 0 Å². The minimum Gasteiger partial charge on any atom is -0.444 e. The Morgan fingerprint density at radius 2 is 2.11 bits per heavy atom. The number of halogens is 3. The summed E-state index contributed by atoms with van der Waals surface area (Å²) in [6.45, 7) is 6.09. The number of nitrogens with one attached hydrogen (secondary N) is 1. The number of pyridine rings is 1. The highest BCUT2D eigenvalue weighted by atomic mass is 79.9. The number of carbonyl (C=O) groups is 1. The summed E-state index contributed by atoms with van der Waals surface area (Å²) in [4.78, 5) is 18.6. The molecule has 1 N–H and O–H groups in total. The van der Waals surface area contributed by atoms with Crippen molar-refractivity contribution in [2.24, 2.45) is 0 Å². The Kier molecular flexibility index (Phi) is 6.15. The van der Waals surface area contributed by atoms with E-state index in [-0.39, 0.29) is 17.3 Å². The summed E-state index contributed by atoms with van der Waals surface area (Å²) >= 11 is 9.62. The zero-order valence-corrected chi connectivity index (χ0v) is 18.3. The predicted octanol–water partition coefficient (Wildman–Crippen LogP) is 6.07. The summed E-state index contributed by atoms with van der Waals surface area (Å²) < 4.78 is 20.3. The van der Waals surface area contributed by atoms with Crippen LogP contribution in [0, 0.1) is 5.82 Å². The molecule has 0 bridgehead atoms. The fourth-order valence-corrected chi connectivity index (χ4v) is 3.71. The zero-order chi connectivity index (χ0) is 20.5. The predicted molar refractivity (Wildman–Crippen MR) is 112 cm³/mol. The molecular formula is C20H22BrClFN3O2. The molecule has 150 valence electrons. The van der Waals surface area contributed by atoms with Gasteiger partial charge in [-0.1, -0.05) is 17.7 Å². The van der Waals surface area contributed by atoms with Crippen LogP contribution in [-0.4, -0.2) is 34.3 Å². The SMILES string of the molecule is CC(C)(C)OC(=O)N1CCC[C@H]1Nc1ccc(F)c(Cl)c1-c1cccc(Br)n1. The monoisotopic (exact) mass is 469 g/mol. The van der Waals surface area contributed by atoms with Gasteiger partial charge < -0.3 is 10.1 Å². The van der Waals surface area contributed by atoms with E-state index in [9.17, 15) is 9.18 Å². The summed E-state index contributed by atoms with van der Waals surface area (Å²) in [7, 11) is 0. The molecule has 1 aromatic heterocycles. The molecule has 1 fully saturated rings. The number of anilines is 1. The van der Waals surface area contributed by atoms with Crippen LogP contribution < -0.4 is 5.32 Å². The quantitative estimate of drug-likeness (QED) is 0.553. The third-order valence-electron chi connectivity index (χ3n) is 4.27. The van der Waals surface area contributed by atoms with Crippen molar-refractivity contribution in [3.8, 4) is 11.3 Å². The van der Waals surface area contributed by atoms with Crippen LogP contribution in [0.25, 0.3) is 11.3 Å². The molecule has 0 aliphatic carbocycles. The minimum atomic E-state index is -0.575. The zero-order valence-electron chi connectivity index (χ0n) is 15.9. The number of amides is 1. The van der Waals surface area contributed by atoms with E-state index in [1.165, 1.54) is 6.07 Å². The van der Waals surface area contributed by atoms with Gasteiger partial charge in [0.05, 0.1) is 10.7 Å². The van der Waals surface area contributed by atoms with E-state index < -0.39 is 11.4 Å². The summed E-state index contributed by atoms with van der Waals surface area (Å²) in [5, 5.41) is 3.31. The van der Waals surface area contributed by atoms with Crippen LogP contribution in [0.4, 0.5) is 14.9 Å². The van der Waals surface area contributed by atoms with Crippen molar-refractivity contribution in [1.29, 1.82) is 0 Å². The fourth-order valence-electron chi connectivity index (χ4n) is 3.10. The summed E-state index contributed by atoms with van der Waals surface area (Å²) in [6, 6.07) is 8.27. The molecule has 0 spiro atoms. The van der Waals surface area contributed by atoms with E-state index >= 15 is 0 Å². The molecule has 0 saturated carbocycles. The maximum atomic E-state index is 14.2. The van der Waals surface area contributed by atoms with Crippen LogP contribution in [-0.2, 0) is 4.74 Å². The highest BCUT2D eigenvalue weighted by Crippen LogP contribution is 2.37. The molecule has 0 radical (unpaired) electrons. The number of ether oxygens (including phenoxy) is 1. The Morgan fingerprint density at radius 3 is 2.79 bits per heavy atom. The van der Waals surface area contributed by atoms with Crippen molar-refractivity contribution < 1.29 is 13.9 Å². The number of aromatic nitrogens is 1. The number of rotatable bonds is 3. The molecular weight excluding hydrogens is 449 g/mol. The number of likely N-dealkylation sites (tertiary alicyclic amines) is 1. The van der Waals surface area contributed by atoms with Gasteiger partial charge in [0.25, 0.3) is 0 Å². The van der Waals surface area contributed by atoms with E-state index in [2.05, 4.69) is 26.2 Å². The lowest BCUT2D eigenvalue weighted by atomic mass is 10.1. The molecule has 2 aromatic rings. The maximum absolute atomic E-state index is 14.2. The normalized spacial score (nSPS) is 16.9. The van der Waals surface area contributed by atoms with Crippen molar-refractivity contribution in [1.82, 2.24) is 9.88 Å². The van der Waals surface area contributed by atoms with Crippen molar-refractivity contribution >= 4 is 39.3 Å². The van der Waals surface area contributed by atoms with Gasteiger partial charge in [0, 0.05) is 17.8 Å². The first kappa shape index (κ1) is 20.9. The van der Waals surface area contributed by atoms with Crippen LogP contribution in [0.1, 0.15) is 33.6 Å². The lowest BCUT2D eigenvalue weighted by Crippen LogP contribution is -2.43.